The summed E-state index contributed by atoms with van der Waals surface area (Å²) in [7, 11) is 0. The molecule has 0 aromatic heterocycles. The minimum atomic E-state index is -2.88. The Labute approximate surface area is 175 Å². The van der Waals surface area contributed by atoms with Gasteiger partial charge in [0, 0.05) is 32.6 Å². The third-order valence-corrected chi connectivity index (χ3v) is 1.72. The van der Waals surface area contributed by atoms with Crippen LogP contribution in [-0.2, 0) is 24.0 Å². The van der Waals surface area contributed by atoms with E-state index in [4.69, 9.17) is 60.5 Å². The highest BCUT2D eigenvalue weighted by atomic mass is 16.4. The van der Waals surface area contributed by atoms with Crippen LogP contribution in [0.4, 0.5) is 0 Å². The van der Waals surface area contributed by atoms with Gasteiger partial charge in [0.2, 0.25) is 5.72 Å². The molecule has 0 aliphatic heterocycles. The number of carbonyl (C=O) groups excluding carboxylic acids is 1. The first-order valence-corrected chi connectivity index (χ1v) is 7.54. The van der Waals surface area contributed by atoms with E-state index in [1.165, 1.54) is 0 Å². The first kappa shape index (κ1) is 38.3. The van der Waals surface area contributed by atoms with Crippen LogP contribution in [0.3, 0.4) is 0 Å². The van der Waals surface area contributed by atoms with Crippen LogP contribution in [0.25, 0.3) is 10.4 Å². The van der Waals surface area contributed by atoms with Crippen molar-refractivity contribution in [1.29, 1.82) is 0 Å². The lowest BCUT2D eigenvalue weighted by Crippen LogP contribution is -2.53. The molecule has 0 fully saturated rings. The number of aldehydes is 1. The highest BCUT2D eigenvalue weighted by Gasteiger charge is 2.42. The molecule has 0 radical (unpaired) electrons. The molecule has 182 valence electrons. The van der Waals surface area contributed by atoms with Gasteiger partial charge in [-0.1, -0.05) is 0 Å². The van der Waals surface area contributed by atoms with E-state index in [1.807, 2.05) is 0 Å². The normalized spacial score (nSPS) is 13.2. The monoisotopic (exact) mass is 461 g/mol. The lowest BCUT2D eigenvalue weighted by molar-refractivity contribution is -0.162. The van der Waals surface area contributed by atoms with Crippen LogP contribution in [0.1, 0.15) is 27.7 Å². The lowest BCUT2D eigenvalue weighted by Gasteiger charge is -2.28. The second kappa shape index (κ2) is 22.9. The van der Waals surface area contributed by atoms with E-state index in [9.17, 15) is 15.0 Å². The zero-order valence-corrected chi connectivity index (χ0v) is 16.9. The fourth-order valence-corrected chi connectivity index (χ4v) is 0.794. The van der Waals surface area contributed by atoms with Crippen molar-refractivity contribution in [3.05, 3.63) is 10.4 Å². The van der Waals surface area contributed by atoms with Crippen molar-refractivity contribution < 1.29 is 69.9 Å². The van der Waals surface area contributed by atoms with Gasteiger partial charge < -0.3 is 46.0 Å². The number of hydrogen-bond acceptors (Lipinski definition) is 11. The SMILES string of the molecule is CC(=O)O.CC(=O)O.CC(=O)O.CC(=O)O.[N-]=[N+]=NC(O)(C=O)C(O)C(O)C(O)CO. The predicted octanol–water partition coefficient (Wildman–Crippen LogP) is -2.38. The maximum Gasteiger partial charge on any atom is 0.300 e. The van der Waals surface area contributed by atoms with Crippen LogP contribution in [0, 0.1) is 0 Å². The number of aliphatic hydroxyl groups is 5. The number of nitrogens with zero attached hydrogens (tertiary/aromatic N) is 3. The van der Waals surface area contributed by atoms with E-state index in [-0.39, 0.29) is 6.29 Å². The van der Waals surface area contributed by atoms with E-state index >= 15 is 0 Å². The molecule has 0 saturated heterocycles. The predicted molar refractivity (Wildman–Crippen MR) is 98.5 cm³/mol. The molecule has 0 aliphatic carbocycles. The van der Waals surface area contributed by atoms with Gasteiger partial charge in [-0.15, -0.1) is 0 Å². The first-order valence-electron chi connectivity index (χ1n) is 7.54. The fourth-order valence-electron chi connectivity index (χ4n) is 0.794. The molecule has 0 aromatic carbocycles. The van der Waals surface area contributed by atoms with Crippen LogP contribution in [-0.4, -0.2) is 107 Å². The lowest BCUT2D eigenvalue weighted by atomic mass is 10.00. The molecule has 0 rings (SSSR count). The highest BCUT2D eigenvalue weighted by molar-refractivity contribution is 5.64. The summed E-state index contributed by atoms with van der Waals surface area (Å²) in [5.74, 6) is -3.33. The second-order valence-electron chi connectivity index (χ2n) is 4.85. The Kier molecular flexibility index (Phi) is 28.3. The largest absolute Gasteiger partial charge is 0.481 e. The van der Waals surface area contributed by atoms with E-state index in [1.54, 1.807) is 0 Å². The van der Waals surface area contributed by atoms with Crippen molar-refractivity contribution in [2.75, 3.05) is 6.61 Å². The van der Waals surface area contributed by atoms with Gasteiger partial charge in [-0.25, -0.2) is 0 Å². The number of hydrogen-bond donors (Lipinski definition) is 9. The van der Waals surface area contributed by atoms with Gasteiger partial charge in [-0.05, 0) is 10.6 Å². The topological polar surface area (TPSA) is 316 Å². The van der Waals surface area contributed by atoms with Gasteiger partial charge in [-0.2, -0.15) is 0 Å². The molecule has 0 heterocycles. The molecule has 0 aliphatic rings. The third-order valence-electron chi connectivity index (χ3n) is 1.72. The van der Waals surface area contributed by atoms with E-state index < -0.39 is 54.5 Å². The second-order valence-corrected chi connectivity index (χ2v) is 4.85. The van der Waals surface area contributed by atoms with Crippen LogP contribution >= 0.6 is 0 Å². The summed E-state index contributed by atoms with van der Waals surface area (Å²) < 4.78 is 0. The van der Waals surface area contributed by atoms with Crippen molar-refractivity contribution >= 4 is 30.2 Å². The standard InChI is InChI=1S/C6H11N3O6.4C2H4O2/c7-9-8-6(15,2-11)5(14)4(13)3(12)1-10;4*1-2(3)4/h2-5,10,12-15H,1H2;4*1H3,(H,3,4). The molecule has 0 aromatic rings. The number of carboxylic acids is 4. The van der Waals surface area contributed by atoms with Crippen molar-refractivity contribution in [1.82, 2.24) is 0 Å². The maximum absolute atomic E-state index is 10.3. The smallest absolute Gasteiger partial charge is 0.300 e. The molecule has 0 saturated carbocycles. The van der Waals surface area contributed by atoms with E-state index in [2.05, 4.69) is 10.0 Å². The molecule has 9 N–H and O–H groups in total. The van der Waals surface area contributed by atoms with E-state index in [0.29, 0.717) is 0 Å². The molecule has 17 heteroatoms. The number of aliphatic hydroxyl groups excluding tert-OH is 4. The van der Waals surface area contributed by atoms with Gasteiger partial charge in [0.1, 0.15) is 18.3 Å². The quantitative estimate of drug-likeness (QED) is 0.0863. The van der Waals surface area contributed by atoms with E-state index in [0.717, 1.165) is 27.7 Å². The molecular weight excluding hydrogens is 434 g/mol. The van der Waals surface area contributed by atoms with Crippen molar-refractivity contribution in [3.63, 3.8) is 0 Å². The minimum absolute atomic E-state index is 0.287. The number of carboxylic acid groups (broad SMARTS) is 4. The Morgan fingerprint density at radius 3 is 1.32 bits per heavy atom. The Hall–Kier alpha value is -3.34. The third kappa shape index (κ3) is 41.9. The van der Waals surface area contributed by atoms with Crippen LogP contribution in [0.15, 0.2) is 5.11 Å². The molecule has 31 heavy (non-hydrogen) atoms. The first-order chi connectivity index (χ1) is 13.9. The fraction of sp³-hybridized carbons (Fsp3) is 0.643. The molecule has 0 amide bonds. The number of aliphatic carboxylic acids is 4. The molecular formula is C14H27N3O14. The average molecular weight is 461 g/mol. The van der Waals surface area contributed by atoms with Gasteiger partial charge in [0.05, 0.1) is 6.61 Å². The Morgan fingerprint density at radius 2 is 1.16 bits per heavy atom. The average Bonchev–Trinajstić information content (AvgIpc) is 2.57. The molecule has 4 unspecified atom stereocenters. The van der Waals surface area contributed by atoms with Crippen LogP contribution in [0.2, 0.25) is 0 Å². The summed E-state index contributed by atoms with van der Waals surface area (Å²) >= 11 is 0. The Balaban J connectivity index is -0.000000114. The van der Waals surface area contributed by atoms with Crippen molar-refractivity contribution in [2.45, 2.75) is 51.7 Å². The summed E-state index contributed by atoms with van der Waals surface area (Å²) in [6.07, 6.45) is -6.34. The van der Waals surface area contributed by atoms with Crippen molar-refractivity contribution in [2.24, 2.45) is 5.11 Å². The zero-order chi connectivity index (χ0) is 26.4. The minimum Gasteiger partial charge on any atom is -0.481 e. The Bertz CT molecular complexity index is 529. The zero-order valence-electron chi connectivity index (χ0n) is 16.9. The summed E-state index contributed by atoms with van der Waals surface area (Å²) in [5, 5.41) is 77.1. The van der Waals surface area contributed by atoms with Gasteiger partial charge in [-0.3, -0.25) is 24.0 Å². The summed E-state index contributed by atoms with van der Waals surface area (Å²) in [6, 6.07) is 0. The summed E-state index contributed by atoms with van der Waals surface area (Å²) in [4.78, 5) is 48.4. The van der Waals surface area contributed by atoms with Gasteiger partial charge in [0.25, 0.3) is 23.9 Å². The molecule has 0 bridgehead atoms. The number of rotatable bonds is 6. The summed E-state index contributed by atoms with van der Waals surface area (Å²) in [5.41, 5.74) is 5.11. The number of carbonyl (C=O) groups is 5. The molecule has 0 spiro atoms. The molecule has 17 nitrogen and oxygen atoms in total. The molecule has 4 atom stereocenters. The van der Waals surface area contributed by atoms with Gasteiger partial charge >= 0.3 is 0 Å². The van der Waals surface area contributed by atoms with Gasteiger partial charge in [0.15, 0.2) is 6.29 Å². The Morgan fingerprint density at radius 1 is 0.903 bits per heavy atom. The highest BCUT2D eigenvalue weighted by Crippen LogP contribution is 2.15. The van der Waals surface area contributed by atoms with Crippen LogP contribution < -0.4 is 0 Å². The number of azide groups is 1. The van der Waals surface area contributed by atoms with Crippen LogP contribution in [0.5, 0.6) is 0 Å². The summed E-state index contributed by atoms with van der Waals surface area (Å²) in [6.45, 7) is 3.43. The van der Waals surface area contributed by atoms with Crippen molar-refractivity contribution in [3.8, 4) is 0 Å². The maximum atomic E-state index is 10.3.